The van der Waals surface area contributed by atoms with Gasteiger partial charge in [-0.1, -0.05) is 91.0 Å². The number of ketones is 1. The highest BCUT2D eigenvalue weighted by atomic mass is 16.5. The van der Waals surface area contributed by atoms with Crippen molar-refractivity contribution in [3.8, 4) is 0 Å². The van der Waals surface area contributed by atoms with Gasteiger partial charge in [-0.3, -0.25) is 9.59 Å². The van der Waals surface area contributed by atoms with Gasteiger partial charge in [0.1, 0.15) is 5.41 Å². The molecule has 0 bridgehead atoms. The molecule has 3 heteroatoms. The standard InChI is InChI=1S/C25H22O3/c1-2-28-24(27)25(20-16-10-5-11-17-20)21(18-12-6-3-7-13-18)22(25)23(26)19-14-8-4-9-15-19/h3-17,21-22H,2H2,1H3/t21-,22+,25+/m1/s1. The van der Waals surface area contributed by atoms with Crippen molar-refractivity contribution < 1.29 is 14.3 Å². The minimum atomic E-state index is -0.994. The zero-order valence-electron chi connectivity index (χ0n) is 15.7. The minimum absolute atomic E-state index is 0.0219. The van der Waals surface area contributed by atoms with Crippen molar-refractivity contribution in [3.05, 3.63) is 108 Å². The Morgan fingerprint density at radius 1 is 0.821 bits per heavy atom. The van der Waals surface area contributed by atoms with Gasteiger partial charge in [-0.2, -0.15) is 0 Å². The van der Waals surface area contributed by atoms with Gasteiger partial charge in [0.15, 0.2) is 5.78 Å². The largest absolute Gasteiger partial charge is 0.465 e. The lowest BCUT2D eigenvalue weighted by Gasteiger charge is -2.17. The summed E-state index contributed by atoms with van der Waals surface area (Å²) in [5, 5.41) is 0. The van der Waals surface area contributed by atoms with Gasteiger partial charge in [0, 0.05) is 11.5 Å². The van der Waals surface area contributed by atoms with Crippen LogP contribution in [0.25, 0.3) is 0 Å². The van der Waals surface area contributed by atoms with Crippen molar-refractivity contribution in [2.24, 2.45) is 5.92 Å². The summed E-state index contributed by atoms with van der Waals surface area (Å²) in [5.74, 6) is -1.09. The SMILES string of the molecule is CCOC(=O)[C@]1(c2ccccc2)[C@H](C(=O)c2ccccc2)[C@H]1c1ccccc1. The van der Waals surface area contributed by atoms with Crippen LogP contribution in [0.3, 0.4) is 0 Å². The van der Waals surface area contributed by atoms with E-state index >= 15 is 0 Å². The summed E-state index contributed by atoms with van der Waals surface area (Å²) in [6.07, 6.45) is 0. The normalized spacial score (nSPS) is 23.0. The van der Waals surface area contributed by atoms with Crippen molar-refractivity contribution in [1.29, 1.82) is 0 Å². The van der Waals surface area contributed by atoms with Crippen LogP contribution in [0, 0.1) is 5.92 Å². The summed E-state index contributed by atoms with van der Waals surface area (Å²) in [6, 6.07) is 28.6. The molecule has 1 fully saturated rings. The quantitative estimate of drug-likeness (QED) is 0.463. The Hall–Kier alpha value is -3.20. The van der Waals surface area contributed by atoms with E-state index in [2.05, 4.69) is 0 Å². The van der Waals surface area contributed by atoms with Crippen LogP contribution in [0.4, 0.5) is 0 Å². The van der Waals surface area contributed by atoms with Gasteiger partial charge in [-0.15, -0.1) is 0 Å². The number of ether oxygens (including phenoxy) is 1. The van der Waals surface area contributed by atoms with Crippen molar-refractivity contribution in [3.63, 3.8) is 0 Å². The highest BCUT2D eigenvalue weighted by Crippen LogP contribution is 2.67. The Morgan fingerprint density at radius 3 is 1.93 bits per heavy atom. The van der Waals surface area contributed by atoms with Crippen LogP contribution in [-0.4, -0.2) is 18.4 Å². The van der Waals surface area contributed by atoms with Gasteiger partial charge in [0.2, 0.25) is 0 Å². The van der Waals surface area contributed by atoms with Crippen LogP contribution in [0.2, 0.25) is 0 Å². The zero-order valence-corrected chi connectivity index (χ0v) is 15.7. The third kappa shape index (κ3) is 2.84. The first-order valence-corrected chi connectivity index (χ1v) is 9.58. The average Bonchev–Trinajstić information content (AvgIpc) is 3.46. The van der Waals surface area contributed by atoms with Crippen molar-refractivity contribution in [2.75, 3.05) is 6.61 Å². The first-order valence-electron chi connectivity index (χ1n) is 9.58. The summed E-state index contributed by atoms with van der Waals surface area (Å²) in [7, 11) is 0. The van der Waals surface area contributed by atoms with Crippen molar-refractivity contribution in [2.45, 2.75) is 18.3 Å². The first kappa shape index (κ1) is 18.2. The Labute approximate surface area is 165 Å². The van der Waals surface area contributed by atoms with Crippen LogP contribution in [0.15, 0.2) is 91.0 Å². The van der Waals surface area contributed by atoms with Crippen LogP contribution in [0.5, 0.6) is 0 Å². The van der Waals surface area contributed by atoms with Gasteiger partial charge in [0.25, 0.3) is 0 Å². The molecule has 0 amide bonds. The van der Waals surface area contributed by atoms with E-state index in [1.54, 1.807) is 6.92 Å². The topological polar surface area (TPSA) is 43.4 Å². The second-order valence-corrected chi connectivity index (χ2v) is 7.05. The molecule has 1 aliphatic carbocycles. The molecule has 1 aliphatic rings. The molecule has 0 aromatic heterocycles. The van der Waals surface area contributed by atoms with Crippen LogP contribution in [-0.2, 0) is 14.9 Å². The molecular weight excluding hydrogens is 348 g/mol. The zero-order chi connectivity index (χ0) is 19.6. The molecule has 3 nitrogen and oxygen atoms in total. The van der Waals surface area contributed by atoms with Gasteiger partial charge < -0.3 is 4.74 Å². The molecule has 0 N–H and O–H groups in total. The lowest BCUT2D eigenvalue weighted by molar-refractivity contribution is -0.146. The molecule has 140 valence electrons. The fourth-order valence-electron chi connectivity index (χ4n) is 4.34. The molecule has 0 heterocycles. The maximum absolute atomic E-state index is 13.5. The van der Waals surface area contributed by atoms with Gasteiger partial charge in [-0.05, 0) is 18.1 Å². The molecule has 0 radical (unpaired) electrons. The van der Waals surface area contributed by atoms with Crippen molar-refractivity contribution >= 4 is 11.8 Å². The fraction of sp³-hybridized carbons (Fsp3) is 0.200. The number of esters is 1. The molecular formula is C25H22O3. The molecule has 28 heavy (non-hydrogen) atoms. The molecule has 3 aromatic rings. The Balaban J connectivity index is 1.88. The highest BCUT2D eigenvalue weighted by molar-refractivity contribution is 6.09. The van der Waals surface area contributed by atoms with Crippen LogP contribution < -0.4 is 0 Å². The number of rotatable bonds is 6. The van der Waals surface area contributed by atoms with E-state index in [9.17, 15) is 9.59 Å². The fourth-order valence-corrected chi connectivity index (χ4v) is 4.34. The number of benzene rings is 3. The third-order valence-corrected chi connectivity index (χ3v) is 5.57. The van der Waals surface area contributed by atoms with Crippen LogP contribution in [0.1, 0.15) is 34.3 Å². The van der Waals surface area contributed by atoms with E-state index < -0.39 is 11.3 Å². The van der Waals surface area contributed by atoms with Gasteiger partial charge in [0.05, 0.1) is 12.5 Å². The van der Waals surface area contributed by atoms with E-state index in [4.69, 9.17) is 4.74 Å². The molecule has 0 aliphatic heterocycles. The summed E-state index contributed by atoms with van der Waals surface area (Å²) < 4.78 is 5.50. The number of hydrogen-bond acceptors (Lipinski definition) is 3. The van der Waals surface area contributed by atoms with Gasteiger partial charge >= 0.3 is 5.97 Å². The Morgan fingerprint density at radius 2 is 1.36 bits per heavy atom. The second kappa shape index (κ2) is 7.43. The monoisotopic (exact) mass is 370 g/mol. The number of carbonyl (C=O) groups excluding carboxylic acids is 2. The molecule has 0 saturated heterocycles. The maximum Gasteiger partial charge on any atom is 0.317 e. The van der Waals surface area contributed by atoms with E-state index in [1.807, 2.05) is 91.0 Å². The summed E-state index contributed by atoms with van der Waals surface area (Å²) in [4.78, 5) is 26.8. The first-order chi connectivity index (χ1) is 13.7. The number of Topliss-reactive ketones (excluding diaryl/α,β-unsaturated/α-hetero) is 1. The number of hydrogen-bond donors (Lipinski definition) is 0. The van der Waals surface area contributed by atoms with Crippen molar-refractivity contribution in [1.82, 2.24) is 0 Å². The lowest BCUT2D eigenvalue weighted by Crippen LogP contribution is -2.29. The van der Waals surface area contributed by atoms with Gasteiger partial charge in [-0.25, -0.2) is 0 Å². The average molecular weight is 370 g/mol. The maximum atomic E-state index is 13.5. The van der Waals surface area contributed by atoms with E-state index in [-0.39, 0.29) is 24.3 Å². The van der Waals surface area contributed by atoms with Crippen LogP contribution >= 0.6 is 0 Å². The summed E-state index contributed by atoms with van der Waals surface area (Å²) in [6.45, 7) is 2.08. The minimum Gasteiger partial charge on any atom is -0.465 e. The molecule has 0 spiro atoms. The Kier molecular flexibility index (Phi) is 4.82. The third-order valence-electron chi connectivity index (χ3n) is 5.57. The lowest BCUT2D eigenvalue weighted by atomic mass is 9.88. The molecule has 3 aromatic carbocycles. The predicted octanol–water partition coefficient (Wildman–Crippen LogP) is 4.78. The van der Waals surface area contributed by atoms with E-state index in [0.717, 1.165) is 11.1 Å². The predicted molar refractivity (Wildman–Crippen MR) is 108 cm³/mol. The summed E-state index contributed by atoms with van der Waals surface area (Å²) >= 11 is 0. The smallest absolute Gasteiger partial charge is 0.317 e. The second-order valence-electron chi connectivity index (χ2n) is 7.05. The van der Waals surface area contributed by atoms with E-state index in [0.29, 0.717) is 5.56 Å². The molecule has 4 rings (SSSR count). The molecule has 3 atom stereocenters. The molecule has 0 unspecified atom stereocenters. The number of carbonyl (C=O) groups is 2. The highest BCUT2D eigenvalue weighted by Gasteiger charge is 2.74. The molecule has 1 saturated carbocycles. The van der Waals surface area contributed by atoms with E-state index in [1.165, 1.54) is 0 Å². The summed E-state index contributed by atoms with van der Waals surface area (Å²) in [5.41, 5.74) is 1.44. The Bertz CT molecular complexity index is 966.